The zero-order valence-corrected chi connectivity index (χ0v) is 17.8. The summed E-state index contributed by atoms with van der Waals surface area (Å²) in [5, 5.41) is 5.88. The molecule has 0 aliphatic carbocycles. The van der Waals surface area contributed by atoms with Crippen molar-refractivity contribution >= 4 is 46.6 Å². The normalized spacial score (nSPS) is 11.6. The van der Waals surface area contributed by atoms with E-state index in [1.165, 1.54) is 36.0 Å². The van der Waals surface area contributed by atoms with E-state index in [-0.39, 0.29) is 29.3 Å². The Morgan fingerprint density at radius 3 is 2.37 bits per heavy atom. The van der Waals surface area contributed by atoms with Gasteiger partial charge >= 0.3 is 0 Å². The largest absolute Gasteiger partial charge is 0.326 e. The minimum atomic E-state index is -0.380. The Bertz CT molecular complexity index is 1030. The number of anilines is 2. The number of carbonyl (C=O) groups excluding carboxylic acids is 2. The van der Waals surface area contributed by atoms with Crippen LogP contribution in [0.4, 0.5) is 15.8 Å². The van der Waals surface area contributed by atoms with E-state index in [9.17, 15) is 14.0 Å². The summed E-state index contributed by atoms with van der Waals surface area (Å²) in [7, 11) is 0. The van der Waals surface area contributed by atoms with Gasteiger partial charge in [-0.3, -0.25) is 9.59 Å². The molecule has 154 valence electrons. The van der Waals surface area contributed by atoms with E-state index in [0.717, 1.165) is 10.5 Å². The SMILES string of the molecule is CC(Sc1cccc(NC(=O)Cc2ccc(Cl)cc2)c1)C(=O)Nc1ccc(F)cc1. The Balaban J connectivity index is 1.56. The summed E-state index contributed by atoms with van der Waals surface area (Å²) in [6.45, 7) is 1.79. The van der Waals surface area contributed by atoms with E-state index < -0.39 is 0 Å². The number of thioether (sulfide) groups is 1. The van der Waals surface area contributed by atoms with Crippen LogP contribution in [-0.2, 0) is 16.0 Å². The molecule has 0 aliphatic rings. The first-order valence-electron chi connectivity index (χ1n) is 9.26. The molecule has 0 heterocycles. The summed E-state index contributed by atoms with van der Waals surface area (Å²) in [4.78, 5) is 25.5. The summed E-state index contributed by atoms with van der Waals surface area (Å²) in [6, 6.07) is 20.1. The number of hydrogen-bond donors (Lipinski definition) is 2. The first kappa shape index (κ1) is 21.9. The number of amides is 2. The minimum Gasteiger partial charge on any atom is -0.326 e. The molecular weight excluding hydrogens is 423 g/mol. The van der Waals surface area contributed by atoms with Gasteiger partial charge in [-0.25, -0.2) is 4.39 Å². The van der Waals surface area contributed by atoms with E-state index in [1.54, 1.807) is 25.1 Å². The molecule has 3 aromatic rings. The van der Waals surface area contributed by atoms with Gasteiger partial charge in [0.15, 0.2) is 0 Å². The molecule has 3 rings (SSSR count). The van der Waals surface area contributed by atoms with Gasteiger partial charge in [0.1, 0.15) is 5.82 Å². The lowest BCUT2D eigenvalue weighted by molar-refractivity contribution is -0.116. The quantitative estimate of drug-likeness (QED) is 0.456. The van der Waals surface area contributed by atoms with Gasteiger partial charge in [0.05, 0.1) is 11.7 Å². The second-order valence-electron chi connectivity index (χ2n) is 6.64. The topological polar surface area (TPSA) is 58.2 Å². The number of benzene rings is 3. The van der Waals surface area contributed by atoms with Crippen molar-refractivity contribution in [2.75, 3.05) is 10.6 Å². The average molecular weight is 443 g/mol. The zero-order valence-electron chi connectivity index (χ0n) is 16.2. The monoisotopic (exact) mass is 442 g/mol. The lowest BCUT2D eigenvalue weighted by atomic mass is 10.1. The maximum atomic E-state index is 13.0. The van der Waals surface area contributed by atoms with Gasteiger partial charge in [0, 0.05) is 21.3 Å². The number of nitrogens with one attached hydrogen (secondary N) is 2. The van der Waals surface area contributed by atoms with Gasteiger partial charge < -0.3 is 10.6 Å². The maximum absolute atomic E-state index is 13.0. The van der Waals surface area contributed by atoms with Crippen LogP contribution in [0, 0.1) is 5.82 Å². The molecule has 1 atom stereocenters. The highest BCUT2D eigenvalue weighted by molar-refractivity contribution is 8.00. The Kier molecular flexibility index (Phi) is 7.49. The van der Waals surface area contributed by atoms with E-state index in [2.05, 4.69) is 10.6 Å². The van der Waals surface area contributed by atoms with Gasteiger partial charge in [-0.15, -0.1) is 11.8 Å². The fourth-order valence-electron chi connectivity index (χ4n) is 2.67. The minimum absolute atomic E-state index is 0.137. The van der Waals surface area contributed by atoms with Crippen LogP contribution in [0.15, 0.2) is 77.7 Å². The van der Waals surface area contributed by atoms with Crippen LogP contribution in [0.5, 0.6) is 0 Å². The van der Waals surface area contributed by atoms with Crippen LogP contribution >= 0.6 is 23.4 Å². The smallest absolute Gasteiger partial charge is 0.237 e. The van der Waals surface area contributed by atoms with Crippen molar-refractivity contribution in [2.24, 2.45) is 0 Å². The Labute approximate surface area is 183 Å². The molecule has 0 aromatic heterocycles. The molecule has 0 saturated carbocycles. The standard InChI is InChI=1S/C23H20ClFN2O2S/c1-15(23(29)27-19-11-9-18(25)10-12-19)30-21-4-2-3-20(14-21)26-22(28)13-16-5-7-17(24)8-6-16/h2-12,14-15H,13H2,1H3,(H,26,28)(H,27,29). The number of halogens is 2. The predicted molar refractivity (Wildman–Crippen MR) is 121 cm³/mol. The third kappa shape index (κ3) is 6.61. The van der Waals surface area contributed by atoms with Gasteiger partial charge in [0.2, 0.25) is 11.8 Å². The molecule has 1 unspecified atom stereocenters. The summed E-state index contributed by atoms with van der Waals surface area (Å²) in [6.07, 6.45) is 0.241. The molecule has 30 heavy (non-hydrogen) atoms. The molecule has 2 amide bonds. The number of rotatable bonds is 7. The third-order valence-electron chi connectivity index (χ3n) is 4.19. The van der Waals surface area contributed by atoms with Crippen LogP contribution in [-0.4, -0.2) is 17.1 Å². The van der Waals surface area contributed by atoms with Gasteiger partial charge in [-0.2, -0.15) is 0 Å². The Hall–Kier alpha value is -2.83. The molecule has 0 spiro atoms. The summed E-state index contributed by atoms with van der Waals surface area (Å²) >= 11 is 7.23. The lowest BCUT2D eigenvalue weighted by Crippen LogP contribution is -2.22. The van der Waals surface area contributed by atoms with Crippen LogP contribution < -0.4 is 10.6 Å². The average Bonchev–Trinajstić information content (AvgIpc) is 2.71. The van der Waals surface area contributed by atoms with E-state index >= 15 is 0 Å². The fourth-order valence-corrected chi connectivity index (χ4v) is 3.73. The van der Waals surface area contributed by atoms with Crippen LogP contribution in [0.25, 0.3) is 0 Å². The lowest BCUT2D eigenvalue weighted by Gasteiger charge is -2.13. The van der Waals surface area contributed by atoms with Crippen molar-refractivity contribution in [1.29, 1.82) is 0 Å². The van der Waals surface area contributed by atoms with Gasteiger partial charge in [-0.1, -0.05) is 29.8 Å². The molecule has 3 aromatic carbocycles. The van der Waals surface area contributed by atoms with Crippen LogP contribution in [0.1, 0.15) is 12.5 Å². The van der Waals surface area contributed by atoms with Crippen molar-refractivity contribution in [3.05, 3.63) is 89.2 Å². The van der Waals surface area contributed by atoms with Crippen LogP contribution in [0.2, 0.25) is 5.02 Å². The first-order chi connectivity index (χ1) is 14.4. The van der Waals surface area contributed by atoms with Crippen molar-refractivity contribution in [3.63, 3.8) is 0 Å². The van der Waals surface area contributed by atoms with E-state index in [0.29, 0.717) is 16.4 Å². The van der Waals surface area contributed by atoms with E-state index in [1.807, 2.05) is 30.3 Å². The summed E-state index contributed by atoms with van der Waals surface area (Å²) in [5.74, 6) is -0.685. The highest BCUT2D eigenvalue weighted by Crippen LogP contribution is 2.27. The molecule has 2 N–H and O–H groups in total. The summed E-state index contributed by atoms with van der Waals surface area (Å²) in [5.41, 5.74) is 2.07. The number of hydrogen-bond acceptors (Lipinski definition) is 3. The highest BCUT2D eigenvalue weighted by Gasteiger charge is 2.15. The van der Waals surface area contributed by atoms with Crippen molar-refractivity contribution in [3.8, 4) is 0 Å². The third-order valence-corrected chi connectivity index (χ3v) is 5.54. The van der Waals surface area contributed by atoms with Gasteiger partial charge in [-0.05, 0) is 67.1 Å². The molecule has 0 aliphatic heterocycles. The van der Waals surface area contributed by atoms with Crippen molar-refractivity contribution in [1.82, 2.24) is 0 Å². The fraction of sp³-hybridized carbons (Fsp3) is 0.130. The Morgan fingerprint density at radius 1 is 0.967 bits per heavy atom. The molecule has 4 nitrogen and oxygen atoms in total. The zero-order chi connectivity index (χ0) is 21.5. The molecule has 0 saturated heterocycles. The molecular formula is C23H20ClFN2O2S. The van der Waals surface area contributed by atoms with Crippen molar-refractivity contribution < 1.29 is 14.0 Å². The second-order valence-corrected chi connectivity index (χ2v) is 8.49. The first-order valence-corrected chi connectivity index (χ1v) is 10.5. The Morgan fingerprint density at radius 2 is 1.67 bits per heavy atom. The highest BCUT2D eigenvalue weighted by atomic mass is 35.5. The maximum Gasteiger partial charge on any atom is 0.237 e. The molecule has 7 heteroatoms. The molecule has 0 fully saturated rings. The van der Waals surface area contributed by atoms with Crippen LogP contribution in [0.3, 0.4) is 0 Å². The predicted octanol–water partition coefficient (Wildman–Crippen LogP) is 5.78. The molecule has 0 radical (unpaired) electrons. The van der Waals surface area contributed by atoms with Crippen molar-refractivity contribution in [2.45, 2.75) is 23.5 Å². The summed E-state index contributed by atoms with van der Waals surface area (Å²) < 4.78 is 13.0. The van der Waals surface area contributed by atoms with E-state index in [4.69, 9.17) is 11.6 Å². The van der Waals surface area contributed by atoms with Gasteiger partial charge in [0.25, 0.3) is 0 Å². The second kappa shape index (κ2) is 10.3. The number of carbonyl (C=O) groups is 2. The molecule has 0 bridgehead atoms.